The van der Waals surface area contributed by atoms with Crippen LogP contribution in [0.25, 0.3) is 0 Å². The van der Waals surface area contributed by atoms with Gasteiger partial charge in [0.05, 0.1) is 27.0 Å². The van der Waals surface area contributed by atoms with Gasteiger partial charge in [-0.25, -0.2) is 9.18 Å². The number of anilines is 1. The lowest BCUT2D eigenvalue weighted by atomic mass is 10.1. The lowest BCUT2D eigenvalue weighted by Crippen LogP contribution is -2.21. The minimum atomic E-state index is -0.806. The minimum absolute atomic E-state index is 0.0250. The molecule has 144 valence electrons. The molecule has 0 unspecified atom stereocenters. The largest absolute Gasteiger partial charge is 0.496 e. The van der Waals surface area contributed by atoms with Gasteiger partial charge in [-0.15, -0.1) is 0 Å². The van der Waals surface area contributed by atoms with Crippen LogP contribution >= 0.6 is 15.9 Å². The summed E-state index contributed by atoms with van der Waals surface area (Å²) in [7, 11) is 4.24. The first kappa shape index (κ1) is 20.5. The van der Waals surface area contributed by atoms with E-state index in [1.54, 1.807) is 6.07 Å². The molecule has 1 N–H and O–H groups in total. The lowest BCUT2D eigenvalue weighted by molar-refractivity contribution is -0.119. The Kier molecular flexibility index (Phi) is 7.00. The van der Waals surface area contributed by atoms with Crippen molar-refractivity contribution in [3.63, 3.8) is 0 Å². The fourth-order valence-corrected chi connectivity index (χ4v) is 2.51. The number of rotatable bonds is 7. The van der Waals surface area contributed by atoms with Gasteiger partial charge in [-0.3, -0.25) is 4.79 Å². The molecule has 0 spiro atoms. The van der Waals surface area contributed by atoms with E-state index in [1.165, 1.54) is 45.6 Å². The Morgan fingerprint density at radius 1 is 1.00 bits per heavy atom. The van der Waals surface area contributed by atoms with E-state index < -0.39 is 24.3 Å². The summed E-state index contributed by atoms with van der Waals surface area (Å²) < 4.78 is 34.7. The second kappa shape index (κ2) is 9.22. The first-order chi connectivity index (χ1) is 12.9. The summed E-state index contributed by atoms with van der Waals surface area (Å²) in [6.07, 6.45) is 0. The zero-order valence-electron chi connectivity index (χ0n) is 14.8. The molecule has 27 heavy (non-hydrogen) atoms. The average molecular weight is 442 g/mol. The van der Waals surface area contributed by atoms with Crippen molar-refractivity contribution in [1.29, 1.82) is 0 Å². The first-order valence-electron chi connectivity index (χ1n) is 7.61. The fourth-order valence-electron chi connectivity index (χ4n) is 2.17. The molecule has 0 radical (unpaired) electrons. The number of nitrogens with one attached hydrogen (secondary N) is 1. The SMILES string of the molecule is COc1cc(OC)c(C(=O)OCC(=O)Nc2ccc(Br)cc2F)cc1OC. The molecule has 0 aliphatic rings. The minimum Gasteiger partial charge on any atom is -0.496 e. The van der Waals surface area contributed by atoms with Crippen molar-refractivity contribution in [1.82, 2.24) is 0 Å². The molecular formula is C18H17BrFNO6. The van der Waals surface area contributed by atoms with Gasteiger partial charge in [-0.1, -0.05) is 15.9 Å². The highest BCUT2D eigenvalue weighted by Crippen LogP contribution is 2.34. The average Bonchev–Trinajstić information content (AvgIpc) is 2.67. The van der Waals surface area contributed by atoms with Crippen LogP contribution < -0.4 is 19.5 Å². The third-order valence-electron chi connectivity index (χ3n) is 3.47. The number of carbonyl (C=O) groups excluding carboxylic acids is 2. The highest BCUT2D eigenvalue weighted by Gasteiger charge is 2.20. The number of methoxy groups -OCH3 is 3. The van der Waals surface area contributed by atoms with Crippen LogP contribution in [-0.2, 0) is 9.53 Å². The predicted molar refractivity (Wildman–Crippen MR) is 99.1 cm³/mol. The van der Waals surface area contributed by atoms with Crippen molar-refractivity contribution in [3.8, 4) is 17.2 Å². The summed E-state index contributed by atoms with van der Waals surface area (Å²) in [5.74, 6) is -1.26. The van der Waals surface area contributed by atoms with Gasteiger partial charge in [0.2, 0.25) is 0 Å². The summed E-state index contributed by atoms with van der Waals surface area (Å²) in [6, 6.07) is 7.00. The first-order valence-corrected chi connectivity index (χ1v) is 8.41. The van der Waals surface area contributed by atoms with E-state index in [2.05, 4.69) is 21.2 Å². The highest BCUT2D eigenvalue weighted by atomic mass is 79.9. The molecule has 0 fully saturated rings. The van der Waals surface area contributed by atoms with E-state index in [1.807, 2.05) is 0 Å². The number of halogens is 2. The van der Waals surface area contributed by atoms with Gasteiger partial charge in [0, 0.05) is 16.6 Å². The molecule has 0 saturated heterocycles. The molecule has 0 aliphatic heterocycles. The molecule has 2 aromatic rings. The van der Waals surface area contributed by atoms with Crippen molar-refractivity contribution < 1.29 is 32.9 Å². The van der Waals surface area contributed by atoms with Gasteiger partial charge in [0.25, 0.3) is 5.91 Å². The van der Waals surface area contributed by atoms with Gasteiger partial charge in [-0.2, -0.15) is 0 Å². The Bertz CT molecular complexity index is 858. The van der Waals surface area contributed by atoms with E-state index >= 15 is 0 Å². The topological polar surface area (TPSA) is 83.1 Å². The Morgan fingerprint density at radius 3 is 2.22 bits per heavy atom. The van der Waals surface area contributed by atoms with E-state index in [0.717, 1.165) is 0 Å². The van der Waals surface area contributed by atoms with E-state index in [9.17, 15) is 14.0 Å². The van der Waals surface area contributed by atoms with Crippen molar-refractivity contribution in [2.45, 2.75) is 0 Å². The van der Waals surface area contributed by atoms with Crippen molar-refractivity contribution in [2.75, 3.05) is 33.3 Å². The van der Waals surface area contributed by atoms with Gasteiger partial charge in [-0.05, 0) is 18.2 Å². The number of carbonyl (C=O) groups is 2. The van der Waals surface area contributed by atoms with Gasteiger partial charge in [0.1, 0.15) is 17.1 Å². The zero-order valence-corrected chi connectivity index (χ0v) is 16.4. The quantitative estimate of drug-likeness (QED) is 0.662. The molecule has 0 aliphatic carbocycles. The monoisotopic (exact) mass is 441 g/mol. The molecule has 7 nitrogen and oxygen atoms in total. The molecule has 0 bridgehead atoms. The van der Waals surface area contributed by atoms with E-state index in [4.69, 9.17) is 18.9 Å². The summed E-state index contributed by atoms with van der Waals surface area (Å²) in [4.78, 5) is 24.2. The van der Waals surface area contributed by atoms with Crippen LogP contribution in [0.15, 0.2) is 34.8 Å². The number of esters is 1. The second-order valence-corrected chi connectivity index (χ2v) is 6.07. The number of hydrogen-bond acceptors (Lipinski definition) is 6. The van der Waals surface area contributed by atoms with E-state index in [-0.39, 0.29) is 17.0 Å². The van der Waals surface area contributed by atoms with E-state index in [0.29, 0.717) is 16.0 Å². The lowest BCUT2D eigenvalue weighted by Gasteiger charge is -2.13. The Labute approximate surface area is 163 Å². The van der Waals surface area contributed by atoms with Crippen LogP contribution in [0.2, 0.25) is 0 Å². The number of benzene rings is 2. The maximum absolute atomic E-state index is 13.7. The van der Waals surface area contributed by atoms with Crippen molar-refractivity contribution >= 4 is 33.5 Å². The Hall–Kier alpha value is -2.81. The molecule has 2 aromatic carbocycles. The standard InChI is InChI=1S/C18H17BrFNO6/c1-24-14-8-16(26-3)15(25-2)7-11(14)18(23)27-9-17(22)21-13-5-4-10(19)6-12(13)20/h4-8H,9H2,1-3H3,(H,21,22). The van der Waals surface area contributed by atoms with Crippen LogP contribution in [0, 0.1) is 5.82 Å². The van der Waals surface area contributed by atoms with Gasteiger partial charge >= 0.3 is 5.97 Å². The van der Waals surface area contributed by atoms with Crippen LogP contribution in [-0.4, -0.2) is 39.8 Å². The third kappa shape index (κ3) is 5.10. The molecule has 0 saturated carbocycles. The van der Waals surface area contributed by atoms with Gasteiger partial charge < -0.3 is 24.3 Å². The molecule has 0 atom stereocenters. The summed E-state index contributed by atoms with van der Waals surface area (Å²) in [6.45, 7) is -0.605. The molecular weight excluding hydrogens is 425 g/mol. The summed E-state index contributed by atoms with van der Waals surface area (Å²) in [5, 5.41) is 2.33. The zero-order chi connectivity index (χ0) is 20.0. The fraction of sp³-hybridized carbons (Fsp3) is 0.222. The smallest absolute Gasteiger partial charge is 0.342 e. The molecule has 0 aromatic heterocycles. The summed E-state index contributed by atoms with van der Waals surface area (Å²) >= 11 is 3.12. The van der Waals surface area contributed by atoms with Crippen LogP contribution in [0.3, 0.4) is 0 Å². The Morgan fingerprint density at radius 2 is 1.63 bits per heavy atom. The van der Waals surface area contributed by atoms with Crippen molar-refractivity contribution in [3.05, 3.63) is 46.2 Å². The van der Waals surface area contributed by atoms with Crippen LogP contribution in [0.5, 0.6) is 17.2 Å². The Balaban J connectivity index is 2.07. The number of ether oxygens (including phenoxy) is 4. The molecule has 2 rings (SSSR count). The number of amides is 1. The molecule has 9 heteroatoms. The predicted octanol–water partition coefficient (Wildman–Crippen LogP) is 3.41. The van der Waals surface area contributed by atoms with Crippen LogP contribution in [0.1, 0.15) is 10.4 Å². The third-order valence-corrected chi connectivity index (χ3v) is 3.96. The van der Waals surface area contributed by atoms with Gasteiger partial charge in [0.15, 0.2) is 18.1 Å². The maximum Gasteiger partial charge on any atom is 0.342 e. The van der Waals surface area contributed by atoms with Crippen molar-refractivity contribution in [2.24, 2.45) is 0 Å². The highest BCUT2D eigenvalue weighted by molar-refractivity contribution is 9.10. The normalized spacial score (nSPS) is 10.1. The molecule has 1 amide bonds. The summed E-state index contributed by atoms with van der Waals surface area (Å²) in [5.41, 5.74) is 0.0284. The number of hydrogen-bond donors (Lipinski definition) is 1. The maximum atomic E-state index is 13.7. The second-order valence-electron chi connectivity index (χ2n) is 5.16. The molecule has 0 heterocycles. The van der Waals surface area contributed by atoms with Crippen LogP contribution in [0.4, 0.5) is 10.1 Å².